The smallest absolute Gasteiger partial charge is 0.304 e. The second-order valence-electron chi connectivity index (χ2n) is 3.40. The van der Waals surface area contributed by atoms with Gasteiger partial charge < -0.3 is 9.11 Å². The summed E-state index contributed by atoms with van der Waals surface area (Å²) in [7, 11) is -5.37. The zero-order valence-electron chi connectivity index (χ0n) is 8.15. The zero-order chi connectivity index (χ0) is 12.5. The highest BCUT2D eigenvalue weighted by atomic mass is 32.3. The van der Waals surface area contributed by atoms with Crippen molar-refractivity contribution in [3.63, 3.8) is 0 Å². The molecule has 1 rings (SSSR count). The maximum atomic E-state index is 11.9. The molecule has 2 N–H and O–H groups in total. The average molecular weight is 256 g/mol. The number of alkyl halides is 3. The highest BCUT2D eigenvalue weighted by molar-refractivity contribution is 8.10. The lowest BCUT2D eigenvalue weighted by Crippen LogP contribution is -2.37. The van der Waals surface area contributed by atoms with Crippen LogP contribution in [0.3, 0.4) is 0 Å². The van der Waals surface area contributed by atoms with E-state index in [1.165, 1.54) is 18.2 Å². The predicted molar refractivity (Wildman–Crippen MR) is 53.6 cm³/mol. The molecule has 0 bridgehead atoms. The minimum absolute atomic E-state index is 0.399. The van der Waals surface area contributed by atoms with Gasteiger partial charge in [0.05, 0.1) is 17.1 Å². The summed E-state index contributed by atoms with van der Waals surface area (Å²) < 4.78 is 66.3. The largest absolute Gasteiger partial charge is 0.390 e. The SMILES string of the molecule is O=S(O)(O)(CCC(F)(F)F)c1ccccc1. The summed E-state index contributed by atoms with van der Waals surface area (Å²) in [6, 6.07) is 6.48. The fraction of sp³-hybridized carbons (Fsp3) is 0.333. The molecule has 0 fully saturated rings. The van der Waals surface area contributed by atoms with Gasteiger partial charge in [0.25, 0.3) is 0 Å². The third-order valence-corrected chi connectivity index (χ3v) is 4.13. The fourth-order valence-electron chi connectivity index (χ4n) is 1.11. The van der Waals surface area contributed by atoms with Crippen molar-refractivity contribution in [1.29, 1.82) is 0 Å². The van der Waals surface area contributed by atoms with E-state index in [9.17, 15) is 26.5 Å². The van der Waals surface area contributed by atoms with Crippen LogP contribution in [-0.2, 0) is 9.63 Å². The minimum atomic E-state index is -5.37. The van der Waals surface area contributed by atoms with Crippen LogP contribution in [-0.4, -0.2) is 25.2 Å². The van der Waals surface area contributed by atoms with Crippen molar-refractivity contribution in [3.05, 3.63) is 30.3 Å². The van der Waals surface area contributed by atoms with Gasteiger partial charge in [0, 0.05) is 0 Å². The van der Waals surface area contributed by atoms with E-state index < -0.39 is 32.9 Å². The van der Waals surface area contributed by atoms with Gasteiger partial charge in [-0.25, -0.2) is 4.21 Å². The molecule has 0 atom stereocenters. The Morgan fingerprint density at radius 3 is 2.06 bits per heavy atom. The maximum Gasteiger partial charge on any atom is 0.390 e. The molecule has 92 valence electrons. The molecule has 1 aromatic rings. The first-order valence-electron chi connectivity index (χ1n) is 4.36. The van der Waals surface area contributed by atoms with Gasteiger partial charge in [-0.15, -0.1) is 0 Å². The van der Waals surface area contributed by atoms with E-state index >= 15 is 0 Å². The normalized spacial score (nSPS) is 15.4. The third kappa shape index (κ3) is 3.58. The van der Waals surface area contributed by atoms with E-state index in [4.69, 9.17) is 0 Å². The van der Waals surface area contributed by atoms with Gasteiger partial charge in [-0.1, -0.05) is 18.2 Å². The van der Waals surface area contributed by atoms with Gasteiger partial charge in [0.15, 0.2) is 0 Å². The van der Waals surface area contributed by atoms with Crippen LogP contribution in [0.15, 0.2) is 35.2 Å². The number of hydrogen-bond acceptors (Lipinski definition) is 1. The van der Waals surface area contributed by atoms with E-state index in [1.54, 1.807) is 0 Å². The van der Waals surface area contributed by atoms with Crippen molar-refractivity contribution in [2.75, 3.05) is 5.75 Å². The molecular weight excluding hydrogens is 245 g/mol. The van der Waals surface area contributed by atoms with Gasteiger partial charge in [0.2, 0.25) is 0 Å². The van der Waals surface area contributed by atoms with Crippen molar-refractivity contribution >= 4 is 9.63 Å². The number of halogens is 3. The quantitative estimate of drug-likeness (QED) is 0.874. The standard InChI is InChI=1S/C9H11F3O3S/c10-9(11,12)6-7-16(13,14,15)8-4-2-1-3-5-8/h1-5H,6-7H2,(H2,13,14,15). The average Bonchev–Trinajstić information content (AvgIpc) is 2.15. The molecule has 0 saturated carbocycles. The molecule has 0 heterocycles. The summed E-state index contributed by atoms with van der Waals surface area (Å²) >= 11 is 0. The Kier molecular flexibility index (Phi) is 3.15. The van der Waals surface area contributed by atoms with Crippen LogP contribution in [0.1, 0.15) is 6.42 Å². The summed E-state index contributed by atoms with van der Waals surface area (Å²) in [5.74, 6) is -1.25. The van der Waals surface area contributed by atoms with Gasteiger partial charge in [-0.05, 0) is 12.1 Å². The van der Waals surface area contributed by atoms with Crippen LogP contribution >= 0.6 is 0 Å². The third-order valence-electron chi connectivity index (χ3n) is 1.97. The van der Waals surface area contributed by atoms with E-state index in [-0.39, 0.29) is 0 Å². The van der Waals surface area contributed by atoms with E-state index in [0.29, 0.717) is 0 Å². The summed E-state index contributed by atoms with van der Waals surface area (Å²) in [6.45, 7) is 0. The number of rotatable bonds is 3. The Morgan fingerprint density at radius 1 is 1.12 bits per heavy atom. The van der Waals surface area contributed by atoms with Gasteiger partial charge in [-0.3, -0.25) is 0 Å². The first-order chi connectivity index (χ1) is 7.09. The molecule has 0 radical (unpaired) electrons. The molecule has 0 unspecified atom stereocenters. The molecular formula is C9H11F3O3S. The summed E-state index contributed by atoms with van der Waals surface area (Å²) in [5.41, 5.74) is 0. The van der Waals surface area contributed by atoms with Gasteiger partial charge >= 0.3 is 6.18 Å². The molecule has 16 heavy (non-hydrogen) atoms. The Bertz CT molecular complexity index is 421. The molecule has 0 aliphatic rings. The maximum absolute atomic E-state index is 11.9. The van der Waals surface area contributed by atoms with Gasteiger partial charge in [-0.2, -0.15) is 13.2 Å². The van der Waals surface area contributed by atoms with Crippen LogP contribution in [0.5, 0.6) is 0 Å². The lowest BCUT2D eigenvalue weighted by Gasteiger charge is -2.31. The van der Waals surface area contributed by atoms with E-state index in [1.807, 2.05) is 0 Å². The number of benzene rings is 1. The summed E-state index contributed by atoms with van der Waals surface area (Å²) in [4.78, 5) is -0.399. The molecule has 0 saturated heterocycles. The van der Waals surface area contributed by atoms with Crippen LogP contribution in [0, 0.1) is 0 Å². The molecule has 3 nitrogen and oxygen atoms in total. The summed E-state index contributed by atoms with van der Waals surface area (Å²) in [6.07, 6.45) is -6.09. The first-order valence-corrected chi connectivity index (χ1v) is 6.41. The monoisotopic (exact) mass is 256 g/mol. The zero-order valence-corrected chi connectivity index (χ0v) is 8.96. The second kappa shape index (κ2) is 3.83. The second-order valence-corrected chi connectivity index (χ2v) is 6.31. The molecule has 0 aliphatic heterocycles. The molecule has 0 amide bonds. The van der Waals surface area contributed by atoms with E-state index in [0.717, 1.165) is 12.1 Å². The van der Waals surface area contributed by atoms with Crippen LogP contribution < -0.4 is 0 Å². The first kappa shape index (κ1) is 13.1. The highest BCUT2D eigenvalue weighted by Gasteiger charge is 2.38. The molecule has 0 aliphatic carbocycles. The van der Waals surface area contributed by atoms with Crippen LogP contribution in [0.25, 0.3) is 0 Å². The lowest BCUT2D eigenvalue weighted by molar-refractivity contribution is -0.130. The Balaban J connectivity index is 2.95. The lowest BCUT2D eigenvalue weighted by atomic mass is 10.4. The van der Waals surface area contributed by atoms with Crippen molar-refractivity contribution < 1.29 is 26.5 Å². The topological polar surface area (TPSA) is 57.5 Å². The van der Waals surface area contributed by atoms with Crippen LogP contribution in [0.4, 0.5) is 13.2 Å². The molecule has 7 heteroatoms. The minimum Gasteiger partial charge on any atom is -0.304 e. The van der Waals surface area contributed by atoms with Crippen molar-refractivity contribution in [3.8, 4) is 0 Å². The van der Waals surface area contributed by atoms with E-state index in [2.05, 4.69) is 0 Å². The predicted octanol–water partition coefficient (Wildman–Crippen LogP) is 2.76. The summed E-state index contributed by atoms with van der Waals surface area (Å²) in [5, 5.41) is 0. The Labute approximate surface area is 90.3 Å². The Hall–Kier alpha value is -0.920. The van der Waals surface area contributed by atoms with Crippen molar-refractivity contribution in [1.82, 2.24) is 0 Å². The number of hydrogen-bond donors (Lipinski definition) is 2. The molecule has 0 aromatic heterocycles. The molecule has 0 spiro atoms. The Morgan fingerprint density at radius 2 is 1.62 bits per heavy atom. The highest BCUT2D eigenvalue weighted by Crippen LogP contribution is 2.32. The van der Waals surface area contributed by atoms with Crippen molar-refractivity contribution in [2.45, 2.75) is 17.5 Å². The molecule has 1 aromatic carbocycles. The van der Waals surface area contributed by atoms with Crippen LogP contribution in [0.2, 0.25) is 0 Å². The fourth-order valence-corrected chi connectivity index (χ4v) is 2.65. The van der Waals surface area contributed by atoms with Gasteiger partial charge in [0.1, 0.15) is 9.63 Å². The van der Waals surface area contributed by atoms with Crippen molar-refractivity contribution in [2.24, 2.45) is 0 Å².